The van der Waals surface area contributed by atoms with Gasteiger partial charge >= 0.3 is 0 Å². The van der Waals surface area contributed by atoms with Crippen LogP contribution in [-0.2, 0) is 0 Å². The van der Waals surface area contributed by atoms with E-state index in [0.717, 1.165) is 17.7 Å². The maximum Gasteiger partial charge on any atom is 0.201 e. The molecule has 0 unspecified atom stereocenters. The normalized spacial score (nSPS) is 10.9. The minimum atomic E-state index is -1.10. The molecule has 3 N–H and O–H groups in total. The van der Waals surface area contributed by atoms with Crippen LogP contribution in [0.4, 0.5) is 24.5 Å². The van der Waals surface area contributed by atoms with Crippen LogP contribution in [0, 0.1) is 17.5 Å². The third-order valence-electron chi connectivity index (χ3n) is 5.88. The van der Waals surface area contributed by atoms with Gasteiger partial charge in [-0.15, -0.1) is 0 Å². The molecule has 0 atom stereocenters. The number of carbonyl (C=O) groups is 2. The van der Waals surface area contributed by atoms with E-state index < -0.39 is 28.8 Å². The highest BCUT2D eigenvalue weighted by Gasteiger charge is 2.24. The molecule has 37 heavy (non-hydrogen) atoms. The Morgan fingerprint density at radius 2 is 1.68 bits per heavy atom. The Balaban J connectivity index is 1.48. The molecule has 0 bridgehead atoms. The second-order valence-electron chi connectivity index (χ2n) is 8.33. The molecule has 2 heterocycles. The fourth-order valence-electron chi connectivity index (χ4n) is 3.94. The summed E-state index contributed by atoms with van der Waals surface area (Å²) in [6.07, 6.45) is 2.95. The summed E-state index contributed by atoms with van der Waals surface area (Å²) in [6, 6.07) is 16.1. The van der Waals surface area contributed by atoms with Crippen LogP contribution in [0.2, 0.25) is 0 Å². The van der Waals surface area contributed by atoms with Crippen molar-refractivity contribution >= 4 is 34.0 Å². The van der Waals surface area contributed by atoms with Gasteiger partial charge in [-0.3, -0.25) is 15.0 Å². The van der Waals surface area contributed by atoms with Crippen LogP contribution in [0.5, 0.6) is 0 Å². The van der Waals surface area contributed by atoms with Crippen molar-refractivity contribution in [2.75, 3.05) is 10.9 Å². The Kier molecular flexibility index (Phi) is 6.19. The van der Waals surface area contributed by atoms with Crippen LogP contribution >= 0.6 is 0 Å². The minimum absolute atomic E-state index is 0.0396. The molecule has 3 aromatic carbocycles. The lowest BCUT2D eigenvalue weighted by Crippen LogP contribution is -2.14. The molecule has 0 radical (unpaired) electrons. The molecule has 5 rings (SSSR count). The zero-order chi connectivity index (χ0) is 26.1. The first-order valence-electron chi connectivity index (χ1n) is 11.2. The first-order valence-corrected chi connectivity index (χ1v) is 11.2. The predicted molar refractivity (Wildman–Crippen MR) is 135 cm³/mol. The van der Waals surface area contributed by atoms with Gasteiger partial charge in [0.1, 0.15) is 17.3 Å². The molecule has 184 valence electrons. The molecule has 0 aliphatic heterocycles. The number of hydrazine groups is 1. The molecule has 6 nitrogen and oxygen atoms in total. The van der Waals surface area contributed by atoms with Gasteiger partial charge in [0.25, 0.3) is 0 Å². The average molecular weight is 500 g/mol. The van der Waals surface area contributed by atoms with Gasteiger partial charge in [-0.1, -0.05) is 30.3 Å². The van der Waals surface area contributed by atoms with Gasteiger partial charge in [-0.05, 0) is 48.9 Å². The maximum absolute atomic E-state index is 15.3. The Morgan fingerprint density at radius 3 is 2.41 bits per heavy atom. The molecule has 0 aliphatic rings. The summed E-state index contributed by atoms with van der Waals surface area (Å²) in [5.74, 6) is -3.57. The molecule has 0 saturated heterocycles. The summed E-state index contributed by atoms with van der Waals surface area (Å²) in [5, 5.41) is 0.383. The van der Waals surface area contributed by atoms with Crippen LogP contribution < -0.4 is 10.9 Å². The van der Waals surface area contributed by atoms with Gasteiger partial charge < -0.3 is 10.4 Å². The molecular weight excluding hydrogens is 481 g/mol. The standard InChI is InChI=1S/C28H19F3N4O2/c1-15(36)16-5-7-17(8-6-16)18-11-21-22(14-33-28(21)32-13-18)27(37)25-23(30)9-10-24(26(25)31)35-34-20-4-2-3-19(29)12-20/h2-14,34-35H,1H3,(H,32,33). The zero-order valence-corrected chi connectivity index (χ0v) is 19.4. The second kappa shape index (κ2) is 9.62. The minimum Gasteiger partial charge on any atom is -0.345 e. The van der Waals surface area contributed by atoms with Crippen molar-refractivity contribution in [3.8, 4) is 11.1 Å². The van der Waals surface area contributed by atoms with Crippen LogP contribution in [0.1, 0.15) is 33.2 Å². The van der Waals surface area contributed by atoms with Gasteiger partial charge in [0.05, 0.1) is 16.9 Å². The number of benzene rings is 3. The SMILES string of the molecule is CC(=O)c1ccc(-c2cnc3[nH]cc(C(=O)c4c(F)ccc(NNc5cccc(F)c5)c4F)c3c2)cc1. The number of carbonyl (C=O) groups excluding carboxylic acids is 2. The largest absolute Gasteiger partial charge is 0.345 e. The number of nitrogens with zero attached hydrogens (tertiary/aromatic N) is 1. The van der Waals surface area contributed by atoms with E-state index in [1.807, 2.05) is 0 Å². The Bertz CT molecular complexity index is 1660. The van der Waals surface area contributed by atoms with E-state index in [0.29, 0.717) is 27.8 Å². The number of anilines is 2. The first-order chi connectivity index (χ1) is 17.8. The van der Waals surface area contributed by atoms with Crippen molar-refractivity contribution in [1.29, 1.82) is 0 Å². The van der Waals surface area contributed by atoms with Crippen LogP contribution in [0.3, 0.4) is 0 Å². The van der Waals surface area contributed by atoms with E-state index in [-0.39, 0.29) is 17.0 Å². The summed E-state index contributed by atoms with van der Waals surface area (Å²) < 4.78 is 43.4. The van der Waals surface area contributed by atoms with Crippen molar-refractivity contribution < 1.29 is 22.8 Å². The third kappa shape index (κ3) is 4.66. The molecule has 0 fully saturated rings. The lowest BCUT2D eigenvalue weighted by atomic mass is 9.99. The summed E-state index contributed by atoms with van der Waals surface area (Å²) in [7, 11) is 0. The van der Waals surface area contributed by atoms with E-state index in [2.05, 4.69) is 20.8 Å². The lowest BCUT2D eigenvalue weighted by molar-refractivity contribution is 0.101. The molecule has 0 saturated carbocycles. The molecule has 0 spiro atoms. The van der Waals surface area contributed by atoms with Gasteiger partial charge in [-0.2, -0.15) is 0 Å². The average Bonchev–Trinajstić information content (AvgIpc) is 3.32. The van der Waals surface area contributed by atoms with Crippen LogP contribution in [0.25, 0.3) is 22.2 Å². The van der Waals surface area contributed by atoms with Gasteiger partial charge in [0, 0.05) is 34.5 Å². The Hall–Kier alpha value is -4.92. The van der Waals surface area contributed by atoms with Crippen molar-refractivity contribution in [3.05, 3.63) is 113 Å². The second-order valence-corrected chi connectivity index (χ2v) is 8.33. The van der Waals surface area contributed by atoms with E-state index in [1.54, 1.807) is 42.6 Å². The predicted octanol–water partition coefficient (Wildman–Crippen LogP) is 6.52. The number of Topliss-reactive ketones (excluding diaryl/α,β-unsaturated/α-hetero) is 1. The maximum atomic E-state index is 15.3. The number of H-pyrrole nitrogens is 1. The van der Waals surface area contributed by atoms with Gasteiger partial charge in [0.15, 0.2) is 11.6 Å². The Morgan fingerprint density at radius 1 is 0.892 bits per heavy atom. The number of halogens is 3. The van der Waals surface area contributed by atoms with Crippen LogP contribution in [-0.4, -0.2) is 21.5 Å². The topological polar surface area (TPSA) is 86.9 Å². The number of fused-ring (bicyclic) bond motifs is 1. The van der Waals surface area contributed by atoms with Gasteiger partial charge in [-0.25, -0.2) is 18.2 Å². The highest BCUT2D eigenvalue weighted by atomic mass is 19.1. The highest BCUT2D eigenvalue weighted by Crippen LogP contribution is 2.29. The summed E-state index contributed by atoms with van der Waals surface area (Å²) in [4.78, 5) is 32.1. The molecule has 0 aliphatic carbocycles. The van der Waals surface area contributed by atoms with Crippen LogP contribution in [0.15, 0.2) is 79.1 Å². The summed E-state index contributed by atoms with van der Waals surface area (Å²) >= 11 is 0. The number of aromatic amines is 1. The van der Waals surface area contributed by atoms with Crippen molar-refractivity contribution in [2.24, 2.45) is 0 Å². The number of hydrogen-bond acceptors (Lipinski definition) is 5. The van der Waals surface area contributed by atoms with E-state index in [1.165, 1.54) is 31.3 Å². The number of aromatic nitrogens is 2. The summed E-state index contributed by atoms with van der Waals surface area (Å²) in [6.45, 7) is 1.47. The number of hydrogen-bond donors (Lipinski definition) is 3. The van der Waals surface area contributed by atoms with E-state index in [9.17, 15) is 18.4 Å². The smallest absolute Gasteiger partial charge is 0.201 e. The number of ketones is 2. The molecule has 5 aromatic rings. The first kappa shape index (κ1) is 23.8. The lowest BCUT2D eigenvalue weighted by Gasteiger charge is -2.13. The molecular formula is C28H19F3N4O2. The Labute approximate surface area is 209 Å². The number of pyridine rings is 1. The summed E-state index contributed by atoms with van der Waals surface area (Å²) in [5.41, 5.74) is 6.93. The quantitative estimate of drug-likeness (QED) is 0.175. The number of rotatable bonds is 7. The zero-order valence-electron chi connectivity index (χ0n) is 19.4. The van der Waals surface area contributed by atoms with Gasteiger partial charge in [0.2, 0.25) is 5.78 Å². The highest BCUT2D eigenvalue weighted by molar-refractivity contribution is 6.16. The fourth-order valence-corrected chi connectivity index (χ4v) is 3.94. The third-order valence-corrected chi connectivity index (χ3v) is 5.88. The van der Waals surface area contributed by atoms with Crippen molar-refractivity contribution in [1.82, 2.24) is 9.97 Å². The molecule has 2 aromatic heterocycles. The van der Waals surface area contributed by atoms with E-state index >= 15 is 4.39 Å². The molecule has 9 heteroatoms. The van der Waals surface area contributed by atoms with Crippen molar-refractivity contribution in [2.45, 2.75) is 6.92 Å². The molecule has 0 amide bonds. The number of nitrogens with one attached hydrogen (secondary N) is 3. The monoisotopic (exact) mass is 500 g/mol. The fraction of sp³-hybridized carbons (Fsp3) is 0.0357. The van der Waals surface area contributed by atoms with E-state index in [4.69, 9.17) is 0 Å². The van der Waals surface area contributed by atoms with Crippen molar-refractivity contribution in [3.63, 3.8) is 0 Å².